The van der Waals surface area contributed by atoms with Crippen LogP contribution >= 0.6 is 11.8 Å². The molecule has 4 heteroatoms. The minimum absolute atomic E-state index is 0.157. The number of methoxy groups -OCH3 is 1. The quantitative estimate of drug-likeness (QED) is 0.645. The summed E-state index contributed by atoms with van der Waals surface area (Å²) in [6, 6.07) is 0. The first-order chi connectivity index (χ1) is 4.96. The molecular weight excluding hydrogens is 164 g/mol. The number of carbonyl (C=O) groups is 1. The molecule has 0 aliphatic rings. The second-order valence-electron chi connectivity index (χ2n) is 2.52. The van der Waals surface area contributed by atoms with Crippen LogP contribution in [0, 0.1) is 0 Å². The fraction of sp³-hybridized carbons (Fsp3) is 0.857. The van der Waals surface area contributed by atoms with Crippen LogP contribution in [0.3, 0.4) is 0 Å². The zero-order valence-corrected chi connectivity index (χ0v) is 8.07. The van der Waals surface area contributed by atoms with Crippen molar-refractivity contribution in [2.24, 2.45) is 0 Å². The van der Waals surface area contributed by atoms with Crippen LogP contribution in [0.15, 0.2) is 0 Å². The molecule has 0 heterocycles. The first-order valence-electron chi connectivity index (χ1n) is 3.30. The van der Waals surface area contributed by atoms with Crippen molar-refractivity contribution in [2.45, 2.75) is 24.7 Å². The minimum Gasteiger partial charge on any atom is -0.467 e. The second kappa shape index (κ2) is 3.97. The topological polar surface area (TPSA) is 46.5 Å². The zero-order chi connectivity index (χ0) is 9.07. The van der Waals surface area contributed by atoms with Gasteiger partial charge in [0, 0.05) is 5.25 Å². The van der Waals surface area contributed by atoms with Gasteiger partial charge in [0.1, 0.15) is 0 Å². The highest BCUT2D eigenvalue weighted by Crippen LogP contribution is 2.21. The van der Waals surface area contributed by atoms with Crippen LogP contribution < -0.4 is 0 Å². The lowest BCUT2D eigenvalue weighted by molar-refractivity contribution is -0.160. The van der Waals surface area contributed by atoms with Crippen molar-refractivity contribution in [3.63, 3.8) is 0 Å². The van der Waals surface area contributed by atoms with E-state index in [9.17, 15) is 9.90 Å². The highest BCUT2D eigenvalue weighted by molar-refractivity contribution is 7.99. The summed E-state index contributed by atoms with van der Waals surface area (Å²) in [6.07, 6.45) is 1.84. The minimum atomic E-state index is -1.38. The van der Waals surface area contributed by atoms with Gasteiger partial charge in [0.15, 0.2) is 5.60 Å². The molecule has 0 aromatic carbocycles. The van der Waals surface area contributed by atoms with Crippen molar-refractivity contribution in [1.82, 2.24) is 0 Å². The first kappa shape index (κ1) is 10.8. The van der Waals surface area contributed by atoms with Crippen molar-refractivity contribution >= 4 is 17.7 Å². The predicted octanol–water partition coefficient (Wildman–Crippen LogP) is 0.662. The summed E-state index contributed by atoms with van der Waals surface area (Å²) in [4.78, 5) is 10.9. The molecule has 0 rings (SSSR count). The fourth-order valence-electron chi connectivity index (χ4n) is 0.602. The summed E-state index contributed by atoms with van der Waals surface area (Å²) >= 11 is 1.42. The summed E-state index contributed by atoms with van der Waals surface area (Å²) < 4.78 is 4.44. The molecule has 0 radical (unpaired) electrons. The van der Waals surface area contributed by atoms with Crippen LogP contribution in [0.1, 0.15) is 13.8 Å². The van der Waals surface area contributed by atoms with E-state index >= 15 is 0 Å². The number of ether oxygens (including phenoxy) is 1. The molecule has 0 spiro atoms. The molecule has 1 N–H and O–H groups in total. The van der Waals surface area contributed by atoms with Gasteiger partial charge >= 0.3 is 5.97 Å². The van der Waals surface area contributed by atoms with E-state index in [2.05, 4.69) is 4.74 Å². The fourth-order valence-corrected chi connectivity index (χ4v) is 1.16. The van der Waals surface area contributed by atoms with E-state index in [-0.39, 0.29) is 5.25 Å². The molecule has 3 nitrogen and oxygen atoms in total. The Balaban J connectivity index is 4.31. The average Bonchev–Trinajstić information content (AvgIpc) is 2.01. The van der Waals surface area contributed by atoms with Crippen molar-refractivity contribution in [2.75, 3.05) is 13.4 Å². The molecule has 11 heavy (non-hydrogen) atoms. The van der Waals surface area contributed by atoms with E-state index in [4.69, 9.17) is 0 Å². The first-order valence-corrected chi connectivity index (χ1v) is 4.59. The van der Waals surface area contributed by atoms with Gasteiger partial charge in [-0.2, -0.15) is 11.8 Å². The van der Waals surface area contributed by atoms with Crippen LogP contribution in [-0.2, 0) is 9.53 Å². The maximum absolute atomic E-state index is 10.9. The van der Waals surface area contributed by atoms with Gasteiger partial charge in [0.2, 0.25) is 0 Å². The predicted molar refractivity (Wildman–Crippen MR) is 45.6 cm³/mol. The Morgan fingerprint density at radius 3 is 2.45 bits per heavy atom. The van der Waals surface area contributed by atoms with Gasteiger partial charge in [-0.25, -0.2) is 4.79 Å². The van der Waals surface area contributed by atoms with E-state index in [0.717, 1.165) is 0 Å². The standard InChI is InChI=1S/C7H14O3S/c1-5(11-4)7(2,9)6(8)10-3/h5,9H,1-4H3. The second-order valence-corrected chi connectivity index (χ2v) is 3.70. The molecule has 0 aromatic heterocycles. The third-order valence-electron chi connectivity index (χ3n) is 1.74. The van der Waals surface area contributed by atoms with Crippen LogP contribution in [0.4, 0.5) is 0 Å². The molecule has 2 unspecified atom stereocenters. The summed E-state index contributed by atoms with van der Waals surface area (Å²) in [6.45, 7) is 3.24. The van der Waals surface area contributed by atoms with Crippen molar-refractivity contribution in [3.8, 4) is 0 Å². The molecule has 2 atom stereocenters. The summed E-state index contributed by atoms with van der Waals surface area (Å²) in [5, 5.41) is 9.40. The summed E-state index contributed by atoms with van der Waals surface area (Å²) in [7, 11) is 1.27. The van der Waals surface area contributed by atoms with E-state index in [0.29, 0.717) is 0 Å². The Morgan fingerprint density at radius 2 is 2.18 bits per heavy atom. The molecule has 0 fully saturated rings. The SMILES string of the molecule is COC(=O)C(C)(O)C(C)SC. The molecule has 0 aromatic rings. The van der Waals surface area contributed by atoms with Gasteiger partial charge in [-0.15, -0.1) is 0 Å². The van der Waals surface area contributed by atoms with Gasteiger partial charge in [0.25, 0.3) is 0 Å². The van der Waals surface area contributed by atoms with E-state index in [1.54, 1.807) is 6.92 Å². The molecule has 0 saturated carbocycles. The highest BCUT2D eigenvalue weighted by atomic mass is 32.2. The Labute approximate surface area is 71.1 Å². The van der Waals surface area contributed by atoms with Crippen molar-refractivity contribution < 1.29 is 14.6 Å². The number of rotatable bonds is 3. The number of hydrogen-bond donors (Lipinski definition) is 1. The third-order valence-corrected chi connectivity index (χ3v) is 2.91. The number of thioether (sulfide) groups is 1. The lowest BCUT2D eigenvalue weighted by atomic mass is 10.0. The summed E-state index contributed by atoms with van der Waals surface area (Å²) in [5.41, 5.74) is -1.38. The lowest BCUT2D eigenvalue weighted by Gasteiger charge is -2.25. The van der Waals surface area contributed by atoms with Crippen molar-refractivity contribution in [1.29, 1.82) is 0 Å². The number of aliphatic hydroxyl groups is 1. The molecule has 0 amide bonds. The largest absolute Gasteiger partial charge is 0.467 e. The highest BCUT2D eigenvalue weighted by Gasteiger charge is 2.37. The Bertz CT molecular complexity index is 145. The Kier molecular flexibility index (Phi) is 3.89. The number of hydrogen-bond acceptors (Lipinski definition) is 4. The van der Waals surface area contributed by atoms with Crippen LogP contribution in [0.25, 0.3) is 0 Å². The van der Waals surface area contributed by atoms with Gasteiger partial charge in [-0.05, 0) is 20.1 Å². The van der Waals surface area contributed by atoms with E-state index in [1.807, 2.05) is 6.26 Å². The molecular formula is C7H14O3S. The molecule has 0 aliphatic carbocycles. The molecule has 0 aliphatic heterocycles. The normalized spacial score (nSPS) is 18.6. The molecule has 0 bridgehead atoms. The maximum atomic E-state index is 10.9. The van der Waals surface area contributed by atoms with Crippen LogP contribution in [-0.4, -0.2) is 35.3 Å². The number of carbonyl (C=O) groups excluding carboxylic acids is 1. The molecule has 66 valence electrons. The van der Waals surface area contributed by atoms with E-state index in [1.165, 1.54) is 25.8 Å². The van der Waals surface area contributed by atoms with Crippen molar-refractivity contribution in [3.05, 3.63) is 0 Å². The maximum Gasteiger partial charge on any atom is 0.338 e. The van der Waals surface area contributed by atoms with Gasteiger partial charge < -0.3 is 9.84 Å². The number of esters is 1. The van der Waals surface area contributed by atoms with Crippen LogP contribution in [0.2, 0.25) is 0 Å². The smallest absolute Gasteiger partial charge is 0.338 e. The van der Waals surface area contributed by atoms with Gasteiger partial charge in [-0.1, -0.05) is 0 Å². The zero-order valence-electron chi connectivity index (χ0n) is 7.25. The Morgan fingerprint density at radius 1 is 1.73 bits per heavy atom. The molecule has 0 saturated heterocycles. The summed E-state index contributed by atoms with van der Waals surface area (Å²) in [5.74, 6) is -0.584. The lowest BCUT2D eigenvalue weighted by Crippen LogP contribution is -2.44. The average molecular weight is 178 g/mol. The van der Waals surface area contributed by atoms with Gasteiger partial charge in [-0.3, -0.25) is 0 Å². The monoisotopic (exact) mass is 178 g/mol. The Hall–Kier alpha value is -0.220. The third kappa shape index (κ3) is 2.38. The van der Waals surface area contributed by atoms with Gasteiger partial charge in [0.05, 0.1) is 7.11 Å². The van der Waals surface area contributed by atoms with E-state index < -0.39 is 11.6 Å². The van der Waals surface area contributed by atoms with Crippen LogP contribution in [0.5, 0.6) is 0 Å².